The number of rotatable bonds is 5. The summed E-state index contributed by atoms with van der Waals surface area (Å²) >= 11 is 0. The molecule has 3 atom stereocenters. The van der Waals surface area contributed by atoms with Crippen LogP contribution in [-0.4, -0.2) is 41.1 Å². The summed E-state index contributed by atoms with van der Waals surface area (Å²) in [4.78, 5) is 25.0. The molecule has 0 radical (unpaired) electrons. The molecular weight excluding hydrogens is 256 g/mol. The average molecular weight is 282 g/mol. The van der Waals surface area contributed by atoms with Gasteiger partial charge in [-0.05, 0) is 37.5 Å². The van der Waals surface area contributed by atoms with Gasteiger partial charge in [0.15, 0.2) is 0 Å². The second-order valence-corrected chi connectivity index (χ2v) is 6.53. The summed E-state index contributed by atoms with van der Waals surface area (Å²) in [7, 11) is 1.84. The molecule has 0 spiro atoms. The molecule has 0 bridgehead atoms. The monoisotopic (exact) mass is 282 g/mol. The molecule has 2 aliphatic rings. The fourth-order valence-corrected chi connectivity index (χ4v) is 3.20. The zero-order chi connectivity index (χ0) is 14.7. The van der Waals surface area contributed by atoms with E-state index in [1.807, 2.05) is 7.05 Å². The summed E-state index contributed by atoms with van der Waals surface area (Å²) in [5.41, 5.74) is 0. The number of carboxylic acid groups (broad SMARTS) is 1. The van der Waals surface area contributed by atoms with E-state index in [-0.39, 0.29) is 18.5 Å². The Bertz CT molecular complexity index is 368. The standard InChI is InChI=1S/C15H26N2O3/c1-10-4-3-5-12(8-10)17(2)15(20)16-13(9-14(18)19)11-6-7-11/h10-13H,3-9H2,1-2H3,(H,16,20)(H,18,19). The lowest BCUT2D eigenvalue weighted by Crippen LogP contribution is -2.49. The first-order chi connectivity index (χ1) is 9.47. The Morgan fingerprint density at radius 3 is 2.55 bits per heavy atom. The maximum atomic E-state index is 12.3. The molecule has 2 saturated carbocycles. The van der Waals surface area contributed by atoms with E-state index in [0.29, 0.717) is 17.9 Å². The molecule has 5 nitrogen and oxygen atoms in total. The van der Waals surface area contributed by atoms with E-state index in [9.17, 15) is 9.59 Å². The van der Waals surface area contributed by atoms with Gasteiger partial charge in [0, 0.05) is 19.1 Å². The van der Waals surface area contributed by atoms with Crippen molar-refractivity contribution in [3.63, 3.8) is 0 Å². The predicted octanol–water partition coefficient (Wildman–Crippen LogP) is 2.46. The van der Waals surface area contributed by atoms with Gasteiger partial charge in [-0.25, -0.2) is 4.79 Å². The Morgan fingerprint density at radius 2 is 2.00 bits per heavy atom. The second kappa shape index (κ2) is 6.46. The van der Waals surface area contributed by atoms with Crippen LogP contribution in [-0.2, 0) is 4.79 Å². The van der Waals surface area contributed by atoms with E-state index in [1.165, 1.54) is 12.8 Å². The number of nitrogens with zero attached hydrogens (tertiary/aromatic N) is 1. The molecule has 0 aromatic rings. The maximum absolute atomic E-state index is 12.3. The van der Waals surface area contributed by atoms with Crippen molar-refractivity contribution in [1.29, 1.82) is 0 Å². The third-order valence-electron chi connectivity index (χ3n) is 4.67. The highest BCUT2D eigenvalue weighted by molar-refractivity contribution is 5.76. The van der Waals surface area contributed by atoms with Crippen LogP contribution < -0.4 is 5.32 Å². The molecule has 2 rings (SSSR count). The van der Waals surface area contributed by atoms with E-state index in [1.54, 1.807) is 4.90 Å². The number of aliphatic carboxylic acids is 1. The quantitative estimate of drug-likeness (QED) is 0.813. The van der Waals surface area contributed by atoms with Crippen LogP contribution >= 0.6 is 0 Å². The SMILES string of the molecule is CC1CCCC(N(C)C(=O)NC(CC(=O)O)C2CC2)C1. The molecule has 20 heavy (non-hydrogen) atoms. The molecule has 0 aromatic heterocycles. The van der Waals surface area contributed by atoms with E-state index < -0.39 is 5.97 Å². The zero-order valence-electron chi connectivity index (χ0n) is 12.5. The Hall–Kier alpha value is -1.26. The largest absolute Gasteiger partial charge is 0.481 e. The van der Waals surface area contributed by atoms with Crippen LogP contribution in [0.2, 0.25) is 0 Å². The van der Waals surface area contributed by atoms with E-state index in [2.05, 4.69) is 12.2 Å². The Balaban J connectivity index is 1.87. The Morgan fingerprint density at radius 1 is 1.30 bits per heavy atom. The molecule has 2 aliphatic carbocycles. The second-order valence-electron chi connectivity index (χ2n) is 6.53. The number of nitrogens with one attached hydrogen (secondary N) is 1. The van der Waals surface area contributed by atoms with Crippen molar-refractivity contribution >= 4 is 12.0 Å². The van der Waals surface area contributed by atoms with Gasteiger partial charge in [-0.3, -0.25) is 4.79 Å². The maximum Gasteiger partial charge on any atom is 0.317 e. The molecule has 0 aliphatic heterocycles. The normalized spacial score (nSPS) is 27.7. The van der Waals surface area contributed by atoms with Crippen LogP contribution in [0, 0.1) is 11.8 Å². The van der Waals surface area contributed by atoms with Gasteiger partial charge in [-0.15, -0.1) is 0 Å². The lowest BCUT2D eigenvalue weighted by Gasteiger charge is -2.35. The number of carbonyl (C=O) groups is 2. The van der Waals surface area contributed by atoms with Crippen molar-refractivity contribution in [2.24, 2.45) is 11.8 Å². The summed E-state index contributed by atoms with van der Waals surface area (Å²) in [6, 6.07) is -0.0193. The highest BCUT2D eigenvalue weighted by atomic mass is 16.4. The van der Waals surface area contributed by atoms with Gasteiger partial charge in [-0.2, -0.15) is 0 Å². The first-order valence-corrected chi connectivity index (χ1v) is 7.72. The number of urea groups is 1. The van der Waals surface area contributed by atoms with Gasteiger partial charge in [0.1, 0.15) is 0 Å². The highest BCUT2D eigenvalue weighted by Crippen LogP contribution is 2.34. The van der Waals surface area contributed by atoms with Gasteiger partial charge < -0.3 is 15.3 Å². The van der Waals surface area contributed by atoms with Crippen molar-refractivity contribution in [2.45, 2.75) is 64.0 Å². The molecule has 2 amide bonds. The minimum absolute atomic E-state index is 0.0331. The Kier molecular flexibility index (Phi) is 4.89. The summed E-state index contributed by atoms with van der Waals surface area (Å²) in [6.07, 6.45) is 6.62. The summed E-state index contributed by atoms with van der Waals surface area (Å²) in [6.45, 7) is 2.23. The topological polar surface area (TPSA) is 69.6 Å². The number of hydrogen-bond acceptors (Lipinski definition) is 2. The van der Waals surface area contributed by atoms with Crippen LogP contribution in [0.3, 0.4) is 0 Å². The van der Waals surface area contributed by atoms with Crippen molar-refractivity contribution in [3.8, 4) is 0 Å². The van der Waals surface area contributed by atoms with Gasteiger partial charge in [-0.1, -0.05) is 19.8 Å². The summed E-state index contributed by atoms with van der Waals surface area (Å²) in [5, 5.41) is 11.9. The average Bonchev–Trinajstić information content (AvgIpc) is 3.20. The number of carboxylic acids is 1. The predicted molar refractivity (Wildman–Crippen MR) is 76.5 cm³/mol. The zero-order valence-corrected chi connectivity index (χ0v) is 12.5. The molecule has 0 saturated heterocycles. The fraction of sp³-hybridized carbons (Fsp3) is 0.867. The van der Waals surface area contributed by atoms with Crippen molar-refractivity contribution in [2.75, 3.05) is 7.05 Å². The van der Waals surface area contributed by atoms with Gasteiger partial charge in [0.05, 0.1) is 6.42 Å². The first-order valence-electron chi connectivity index (χ1n) is 7.72. The van der Waals surface area contributed by atoms with Gasteiger partial charge >= 0.3 is 12.0 Å². The van der Waals surface area contributed by atoms with E-state index in [4.69, 9.17) is 5.11 Å². The van der Waals surface area contributed by atoms with Crippen molar-refractivity contribution in [1.82, 2.24) is 10.2 Å². The third kappa shape index (κ3) is 4.12. The highest BCUT2D eigenvalue weighted by Gasteiger charge is 2.35. The van der Waals surface area contributed by atoms with Crippen LogP contribution in [0.25, 0.3) is 0 Å². The van der Waals surface area contributed by atoms with Crippen LogP contribution in [0.4, 0.5) is 4.79 Å². The minimum Gasteiger partial charge on any atom is -0.481 e. The molecule has 2 fully saturated rings. The van der Waals surface area contributed by atoms with Crippen LogP contribution in [0.15, 0.2) is 0 Å². The lowest BCUT2D eigenvalue weighted by molar-refractivity contribution is -0.137. The molecule has 2 N–H and O–H groups in total. The molecule has 5 heteroatoms. The summed E-state index contributed by atoms with van der Waals surface area (Å²) < 4.78 is 0. The van der Waals surface area contributed by atoms with Crippen molar-refractivity contribution < 1.29 is 14.7 Å². The summed E-state index contributed by atoms with van der Waals surface area (Å²) in [5.74, 6) is 0.187. The number of hydrogen-bond donors (Lipinski definition) is 2. The van der Waals surface area contributed by atoms with Crippen LogP contribution in [0.5, 0.6) is 0 Å². The molecule has 0 heterocycles. The van der Waals surface area contributed by atoms with Gasteiger partial charge in [0.2, 0.25) is 0 Å². The third-order valence-corrected chi connectivity index (χ3v) is 4.67. The lowest BCUT2D eigenvalue weighted by atomic mass is 9.86. The van der Waals surface area contributed by atoms with Crippen LogP contribution in [0.1, 0.15) is 51.9 Å². The fourth-order valence-electron chi connectivity index (χ4n) is 3.20. The molecule has 3 unspecified atom stereocenters. The molecule has 114 valence electrons. The van der Waals surface area contributed by atoms with E-state index in [0.717, 1.165) is 25.7 Å². The van der Waals surface area contributed by atoms with E-state index >= 15 is 0 Å². The minimum atomic E-state index is -0.837. The smallest absolute Gasteiger partial charge is 0.317 e. The molecule has 0 aromatic carbocycles. The Labute approximate surface area is 120 Å². The first kappa shape index (κ1) is 15.1. The van der Waals surface area contributed by atoms with Crippen molar-refractivity contribution in [3.05, 3.63) is 0 Å². The number of amides is 2. The number of carbonyl (C=O) groups excluding carboxylic acids is 1. The molecular formula is C15H26N2O3. The van der Waals surface area contributed by atoms with Gasteiger partial charge in [0.25, 0.3) is 0 Å².